The lowest BCUT2D eigenvalue weighted by molar-refractivity contribution is -0.139. The third-order valence-electron chi connectivity index (χ3n) is 4.51. The van der Waals surface area contributed by atoms with Crippen LogP contribution in [-0.4, -0.2) is 37.9 Å². The highest BCUT2D eigenvalue weighted by Gasteiger charge is 2.29. The molecule has 3 rings (SSSR count). The Hall–Kier alpha value is -3.78. The first-order valence-corrected chi connectivity index (χ1v) is 9.55. The van der Waals surface area contributed by atoms with Gasteiger partial charge in [0.05, 0.1) is 32.1 Å². The summed E-state index contributed by atoms with van der Waals surface area (Å²) in [4.78, 5) is 26.6. The summed E-state index contributed by atoms with van der Waals surface area (Å²) in [5, 5.41) is 9.29. The van der Waals surface area contributed by atoms with E-state index in [9.17, 15) is 14.7 Å². The molecule has 1 aromatic heterocycles. The summed E-state index contributed by atoms with van der Waals surface area (Å²) in [5.74, 6) is 0.0370. The molecule has 0 bridgehead atoms. The van der Waals surface area contributed by atoms with Crippen molar-refractivity contribution in [2.24, 2.45) is 0 Å². The van der Waals surface area contributed by atoms with Crippen molar-refractivity contribution >= 4 is 17.6 Å². The van der Waals surface area contributed by atoms with Crippen molar-refractivity contribution in [2.75, 3.05) is 25.7 Å². The molecule has 0 atom stereocenters. The van der Waals surface area contributed by atoms with Crippen molar-refractivity contribution in [2.45, 2.75) is 13.5 Å². The van der Waals surface area contributed by atoms with Gasteiger partial charge in [-0.2, -0.15) is 0 Å². The molecule has 2 heterocycles. The van der Waals surface area contributed by atoms with Gasteiger partial charge in [0.15, 0.2) is 0 Å². The zero-order valence-corrected chi connectivity index (χ0v) is 17.5. The van der Waals surface area contributed by atoms with Gasteiger partial charge in [-0.1, -0.05) is 6.08 Å². The lowest BCUT2D eigenvalue weighted by Gasteiger charge is -2.25. The largest absolute Gasteiger partial charge is 0.492 e. The van der Waals surface area contributed by atoms with E-state index in [-0.39, 0.29) is 17.9 Å². The van der Waals surface area contributed by atoms with Gasteiger partial charge >= 0.3 is 11.9 Å². The van der Waals surface area contributed by atoms with Crippen molar-refractivity contribution < 1.29 is 33.3 Å². The second-order valence-corrected chi connectivity index (χ2v) is 6.36. The molecule has 0 saturated carbocycles. The number of hydrogen-bond acceptors (Lipinski definition) is 8. The van der Waals surface area contributed by atoms with E-state index < -0.39 is 11.9 Å². The van der Waals surface area contributed by atoms with Gasteiger partial charge in [0.2, 0.25) is 0 Å². The van der Waals surface area contributed by atoms with E-state index in [1.54, 1.807) is 48.7 Å². The maximum Gasteiger partial charge on any atom is 0.355 e. The molecule has 1 aliphatic heterocycles. The van der Waals surface area contributed by atoms with Crippen LogP contribution < -0.4 is 9.64 Å². The van der Waals surface area contributed by atoms with E-state index in [0.29, 0.717) is 35.1 Å². The van der Waals surface area contributed by atoms with E-state index in [2.05, 4.69) is 0 Å². The van der Waals surface area contributed by atoms with Crippen molar-refractivity contribution in [1.82, 2.24) is 0 Å². The van der Waals surface area contributed by atoms with Gasteiger partial charge in [-0.15, -0.1) is 0 Å². The number of anilines is 1. The molecule has 0 aliphatic carbocycles. The standard InChI is InChI=1S/C23H23NO7/c1-4-30-20-10-8-15(19-11-9-16(14-25)31-19)13-18(20)24-12-6-5-7-17(22(26)28-2)21(24)23(27)29-3/h5-13,25H,4,14H2,1-3H3. The molecule has 0 unspecified atom stereocenters. The number of carbonyl (C=O) groups excluding carboxylic acids is 2. The van der Waals surface area contributed by atoms with E-state index >= 15 is 0 Å². The molecule has 0 fully saturated rings. The number of hydrogen-bond donors (Lipinski definition) is 1. The summed E-state index contributed by atoms with van der Waals surface area (Å²) < 4.78 is 21.2. The van der Waals surface area contributed by atoms with E-state index in [1.807, 2.05) is 6.92 Å². The van der Waals surface area contributed by atoms with Crippen molar-refractivity contribution in [3.63, 3.8) is 0 Å². The normalized spacial score (nSPS) is 13.2. The molecule has 162 valence electrons. The van der Waals surface area contributed by atoms with Gasteiger partial charge in [-0.3, -0.25) is 0 Å². The van der Waals surface area contributed by atoms with Crippen LogP contribution in [0.4, 0.5) is 5.69 Å². The van der Waals surface area contributed by atoms with Gasteiger partial charge in [0, 0.05) is 11.8 Å². The van der Waals surface area contributed by atoms with Gasteiger partial charge < -0.3 is 28.6 Å². The van der Waals surface area contributed by atoms with Gasteiger partial charge in [0.25, 0.3) is 0 Å². The van der Waals surface area contributed by atoms with Crippen LogP contribution >= 0.6 is 0 Å². The summed E-state index contributed by atoms with van der Waals surface area (Å²) >= 11 is 0. The number of benzene rings is 1. The monoisotopic (exact) mass is 425 g/mol. The number of carbonyl (C=O) groups is 2. The summed E-state index contributed by atoms with van der Waals surface area (Å²) in [6.45, 7) is 2.01. The number of rotatable bonds is 7. The van der Waals surface area contributed by atoms with Crippen molar-refractivity contribution in [3.05, 3.63) is 71.8 Å². The highest BCUT2D eigenvalue weighted by atomic mass is 16.5. The lowest BCUT2D eigenvalue weighted by Crippen LogP contribution is -2.27. The molecular formula is C23H23NO7. The fourth-order valence-corrected chi connectivity index (χ4v) is 3.11. The highest BCUT2D eigenvalue weighted by Crippen LogP contribution is 2.38. The fraction of sp³-hybridized carbons (Fsp3) is 0.217. The van der Waals surface area contributed by atoms with Gasteiger partial charge in [-0.05, 0) is 49.4 Å². The van der Waals surface area contributed by atoms with Crippen LogP contribution in [0.15, 0.2) is 70.4 Å². The highest BCUT2D eigenvalue weighted by molar-refractivity contribution is 6.05. The Balaban J connectivity index is 2.22. The minimum absolute atomic E-state index is 0.0204. The fourth-order valence-electron chi connectivity index (χ4n) is 3.11. The van der Waals surface area contributed by atoms with Crippen LogP contribution in [0.2, 0.25) is 0 Å². The molecule has 8 nitrogen and oxygen atoms in total. The molecule has 1 aliphatic rings. The summed E-state index contributed by atoms with van der Waals surface area (Å²) in [5.41, 5.74) is 1.19. The summed E-state index contributed by atoms with van der Waals surface area (Å²) in [7, 11) is 2.47. The van der Waals surface area contributed by atoms with Crippen molar-refractivity contribution in [1.29, 1.82) is 0 Å². The third kappa shape index (κ3) is 4.54. The lowest BCUT2D eigenvalue weighted by atomic mass is 10.1. The summed E-state index contributed by atoms with van der Waals surface area (Å²) in [6.07, 6.45) is 6.41. The Kier molecular flexibility index (Phi) is 6.94. The number of allylic oxidation sites excluding steroid dienone is 2. The Labute approximate surface area is 179 Å². The number of esters is 2. The van der Waals surface area contributed by atoms with Crippen LogP contribution in [0.5, 0.6) is 5.75 Å². The number of aliphatic hydroxyl groups is 1. The molecule has 8 heteroatoms. The maximum atomic E-state index is 12.7. The van der Waals surface area contributed by atoms with Crippen LogP contribution in [0.3, 0.4) is 0 Å². The van der Waals surface area contributed by atoms with E-state index in [0.717, 1.165) is 0 Å². The first-order valence-electron chi connectivity index (χ1n) is 9.55. The first kappa shape index (κ1) is 21.9. The van der Waals surface area contributed by atoms with E-state index in [4.69, 9.17) is 18.6 Å². The number of methoxy groups -OCH3 is 2. The van der Waals surface area contributed by atoms with Gasteiger partial charge in [-0.25, -0.2) is 9.59 Å². The number of nitrogens with zero attached hydrogens (tertiary/aromatic N) is 1. The predicted octanol–water partition coefficient (Wildman–Crippen LogP) is 3.33. The molecule has 0 spiro atoms. The average molecular weight is 425 g/mol. The van der Waals surface area contributed by atoms with Crippen LogP contribution in [0.25, 0.3) is 11.3 Å². The Morgan fingerprint density at radius 3 is 2.48 bits per heavy atom. The molecule has 31 heavy (non-hydrogen) atoms. The predicted molar refractivity (Wildman–Crippen MR) is 113 cm³/mol. The smallest absolute Gasteiger partial charge is 0.355 e. The molecule has 1 aromatic carbocycles. The number of ether oxygens (including phenoxy) is 3. The Morgan fingerprint density at radius 2 is 1.84 bits per heavy atom. The van der Waals surface area contributed by atoms with Gasteiger partial charge in [0.1, 0.15) is 29.6 Å². The second kappa shape index (κ2) is 9.82. The minimum Gasteiger partial charge on any atom is -0.492 e. The minimum atomic E-state index is -0.718. The Bertz CT molecular complexity index is 1060. The summed E-state index contributed by atoms with van der Waals surface area (Å²) in [6, 6.07) is 8.72. The van der Waals surface area contributed by atoms with Crippen molar-refractivity contribution in [3.8, 4) is 17.1 Å². The molecule has 2 aromatic rings. The average Bonchev–Trinajstić information content (AvgIpc) is 3.17. The third-order valence-corrected chi connectivity index (χ3v) is 4.51. The van der Waals surface area contributed by atoms with Crippen LogP contribution in [0, 0.1) is 0 Å². The van der Waals surface area contributed by atoms with Crippen LogP contribution in [0.1, 0.15) is 12.7 Å². The Morgan fingerprint density at radius 1 is 1.06 bits per heavy atom. The molecule has 0 saturated heterocycles. The molecule has 0 radical (unpaired) electrons. The second-order valence-electron chi connectivity index (χ2n) is 6.36. The zero-order chi connectivity index (χ0) is 22.4. The quantitative estimate of drug-likeness (QED) is 0.675. The number of furan rings is 1. The SMILES string of the molecule is CCOc1ccc(-c2ccc(CO)o2)cc1N1C=CC=CC(C(=O)OC)=C1C(=O)OC. The van der Waals surface area contributed by atoms with Crippen LogP contribution in [-0.2, 0) is 25.7 Å². The molecular weight excluding hydrogens is 402 g/mol. The molecule has 1 N–H and O–H groups in total. The van der Waals surface area contributed by atoms with E-state index in [1.165, 1.54) is 25.2 Å². The maximum absolute atomic E-state index is 12.7. The topological polar surface area (TPSA) is 98.4 Å². The molecule has 0 amide bonds. The first-order chi connectivity index (χ1) is 15.0. The number of aliphatic hydroxyl groups excluding tert-OH is 1. The zero-order valence-electron chi connectivity index (χ0n) is 17.5.